The summed E-state index contributed by atoms with van der Waals surface area (Å²) in [5, 5.41) is -0.144. The van der Waals surface area contributed by atoms with Gasteiger partial charge in [-0.05, 0) is 19.8 Å². The Labute approximate surface area is 77.5 Å². The minimum atomic E-state index is -0.537. The fraction of sp³-hybridized carbons (Fsp3) is 0.667. The van der Waals surface area contributed by atoms with Gasteiger partial charge >= 0.3 is 5.97 Å². The van der Waals surface area contributed by atoms with E-state index in [0.29, 0.717) is 6.42 Å². The van der Waals surface area contributed by atoms with E-state index in [9.17, 15) is 4.79 Å². The van der Waals surface area contributed by atoms with E-state index in [-0.39, 0.29) is 11.3 Å². The number of allylic oxidation sites excluding steroid dienone is 2. The lowest BCUT2D eigenvalue weighted by atomic mass is 9.78. The van der Waals surface area contributed by atoms with E-state index in [4.69, 9.17) is 16.3 Å². The molecule has 3 heteroatoms. The fourth-order valence-electron chi connectivity index (χ4n) is 1.38. The number of alkyl halides is 1. The van der Waals surface area contributed by atoms with Gasteiger partial charge in [-0.2, -0.15) is 0 Å². The highest BCUT2D eigenvalue weighted by Crippen LogP contribution is 2.37. The number of rotatable bonds is 1. The van der Waals surface area contributed by atoms with E-state index in [1.807, 2.05) is 19.1 Å². The number of carbonyl (C=O) groups excluding carboxylic acids is 1. The topological polar surface area (TPSA) is 26.3 Å². The van der Waals surface area contributed by atoms with Crippen LogP contribution in [0, 0.1) is 5.41 Å². The first-order valence-corrected chi connectivity index (χ1v) is 4.42. The lowest BCUT2D eigenvalue weighted by molar-refractivity contribution is -0.151. The Balaban J connectivity index is 2.81. The van der Waals surface area contributed by atoms with Gasteiger partial charge in [0.2, 0.25) is 0 Å². The molecule has 0 heterocycles. The van der Waals surface area contributed by atoms with Gasteiger partial charge < -0.3 is 4.74 Å². The van der Waals surface area contributed by atoms with Crippen molar-refractivity contribution in [3.63, 3.8) is 0 Å². The summed E-state index contributed by atoms with van der Waals surface area (Å²) in [5.74, 6) is -0.216. The molecule has 0 saturated carbocycles. The third kappa shape index (κ3) is 1.48. The molecular formula is C9H13ClO2. The largest absolute Gasteiger partial charge is 0.469 e. The first-order chi connectivity index (χ1) is 5.61. The maximum absolute atomic E-state index is 11.4. The van der Waals surface area contributed by atoms with Crippen molar-refractivity contribution in [3.8, 4) is 0 Å². The number of hydrogen-bond donors (Lipinski definition) is 0. The summed E-state index contributed by atoms with van der Waals surface area (Å²) >= 11 is 6.05. The molecule has 2 atom stereocenters. The molecule has 0 unspecified atom stereocenters. The minimum absolute atomic E-state index is 0.144. The Morgan fingerprint density at radius 1 is 1.67 bits per heavy atom. The summed E-state index contributed by atoms with van der Waals surface area (Å²) in [6.45, 7) is 1.85. The van der Waals surface area contributed by atoms with E-state index in [1.165, 1.54) is 7.11 Å². The van der Waals surface area contributed by atoms with Crippen molar-refractivity contribution in [2.24, 2.45) is 5.41 Å². The van der Waals surface area contributed by atoms with Crippen LogP contribution < -0.4 is 0 Å². The monoisotopic (exact) mass is 188 g/mol. The van der Waals surface area contributed by atoms with Crippen molar-refractivity contribution in [2.45, 2.75) is 25.1 Å². The van der Waals surface area contributed by atoms with Crippen LogP contribution in [0.1, 0.15) is 19.8 Å². The lowest BCUT2D eigenvalue weighted by Gasteiger charge is -2.32. The minimum Gasteiger partial charge on any atom is -0.469 e. The Morgan fingerprint density at radius 3 is 2.83 bits per heavy atom. The first kappa shape index (κ1) is 9.59. The molecule has 0 N–H and O–H groups in total. The molecule has 1 rings (SSSR count). The van der Waals surface area contributed by atoms with E-state index in [2.05, 4.69) is 0 Å². The van der Waals surface area contributed by atoms with Crippen LogP contribution in [0.5, 0.6) is 0 Å². The predicted octanol–water partition coefficient (Wildman–Crippen LogP) is 2.12. The molecule has 0 spiro atoms. The van der Waals surface area contributed by atoms with Crippen LogP contribution in [0.25, 0.3) is 0 Å². The molecule has 0 fully saturated rings. The Bertz CT molecular complexity index is 213. The normalized spacial score (nSPS) is 34.8. The number of esters is 1. The van der Waals surface area contributed by atoms with Gasteiger partial charge in [-0.15, -0.1) is 11.6 Å². The molecule has 0 bridgehead atoms. The second kappa shape index (κ2) is 3.48. The molecule has 0 aromatic carbocycles. The van der Waals surface area contributed by atoms with Crippen LogP contribution in [0.2, 0.25) is 0 Å². The fourth-order valence-corrected chi connectivity index (χ4v) is 1.66. The van der Waals surface area contributed by atoms with Gasteiger partial charge in [-0.1, -0.05) is 12.2 Å². The predicted molar refractivity (Wildman–Crippen MR) is 48.1 cm³/mol. The van der Waals surface area contributed by atoms with Crippen molar-refractivity contribution in [1.29, 1.82) is 0 Å². The number of halogens is 1. The summed E-state index contributed by atoms with van der Waals surface area (Å²) in [6, 6.07) is 0. The van der Waals surface area contributed by atoms with Crippen molar-refractivity contribution in [3.05, 3.63) is 12.2 Å². The SMILES string of the molecule is COC(=O)[C@@]1(C)CC=CC[C@H]1Cl. The van der Waals surface area contributed by atoms with E-state index >= 15 is 0 Å². The molecule has 0 radical (unpaired) electrons. The van der Waals surface area contributed by atoms with Crippen LogP contribution in [0.4, 0.5) is 0 Å². The quantitative estimate of drug-likeness (QED) is 0.358. The number of ether oxygens (including phenoxy) is 1. The molecule has 1 aliphatic carbocycles. The second-order valence-corrected chi connectivity index (χ2v) is 3.81. The van der Waals surface area contributed by atoms with Crippen molar-refractivity contribution in [2.75, 3.05) is 7.11 Å². The summed E-state index contributed by atoms with van der Waals surface area (Å²) in [5.41, 5.74) is -0.537. The molecule has 0 aromatic heterocycles. The maximum atomic E-state index is 11.4. The van der Waals surface area contributed by atoms with Crippen molar-refractivity contribution in [1.82, 2.24) is 0 Å². The number of hydrogen-bond acceptors (Lipinski definition) is 2. The molecule has 2 nitrogen and oxygen atoms in total. The van der Waals surface area contributed by atoms with Crippen LogP contribution in [0.15, 0.2) is 12.2 Å². The van der Waals surface area contributed by atoms with Gasteiger partial charge in [0.15, 0.2) is 0 Å². The highest BCUT2D eigenvalue weighted by molar-refractivity contribution is 6.22. The van der Waals surface area contributed by atoms with E-state index in [0.717, 1.165) is 6.42 Å². The summed E-state index contributed by atoms with van der Waals surface area (Å²) in [7, 11) is 1.40. The summed E-state index contributed by atoms with van der Waals surface area (Å²) < 4.78 is 4.71. The third-order valence-corrected chi connectivity index (χ3v) is 3.05. The van der Waals surface area contributed by atoms with Gasteiger partial charge in [0.05, 0.1) is 17.9 Å². The first-order valence-electron chi connectivity index (χ1n) is 3.99. The van der Waals surface area contributed by atoms with E-state index in [1.54, 1.807) is 0 Å². The van der Waals surface area contributed by atoms with Crippen molar-refractivity contribution >= 4 is 17.6 Å². The van der Waals surface area contributed by atoms with Crippen LogP contribution in [-0.2, 0) is 9.53 Å². The molecule has 1 aliphatic rings. The molecule has 0 saturated heterocycles. The van der Waals surface area contributed by atoms with E-state index < -0.39 is 5.41 Å². The Morgan fingerprint density at radius 2 is 2.33 bits per heavy atom. The second-order valence-electron chi connectivity index (χ2n) is 3.29. The lowest BCUT2D eigenvalue weighted by Crippen LogP contribution is -2.38. The standard InChI is InChI=1S/C9H13ClO2/c1-9(8(11)12-2)6-4-3-5-7(9)10/h3-4,7H,5-6H2,1-2H3/t7-,9+/m1/s1. The zero-order chi connectivity index (χ0) is 9.19. The molecular weight excluding hydrogens is 176 g/mol. The van der Waals surface area contributed by atoms with Gasteiger partial charge in [0, 0.05) is 0 Å². The smallest absolute Gasteiger partial charge is 0.313 e. The third-order valence-electron chi connectivity index (χ3n) is 2.39. The van der Waals surface area contributed by atoms with Crippen LogP contribution in [0.3, 0.4) is 0 Å². The highest BCUT2D eigenvalue weighted by atomic mass is 35.5. The number of carbonyl (C=O) groups is 1. The van der Waals surface area contributed by atoms with Gasteiger partial charge in [-0.25, -0.2) is 0 Å². The zero-order valence-electron chi connectivity index (χ0n) is 7.34. The molecule has 0 aromatic rings. The molecule has 0 amide bonds. The Hall–Kier alpha value is -0.500. The average Bonchev–Trinajstić information content (AvgIpc) is 2.09. The van der Waals surface area contributed by atoms with Crippen LogP contribution >= 0.6 is 11.6 Å². The highest BCUT2D eigenvalue weighted by Gasteiger charge is 2.41. The Kier molecular flexibility index (Phi) is 2.78. The summed E-state index contributed by atoms with van der Waals surface area (Å²) in [6.07, 6.45) is 5.40. The molecule has 68 valence electrons. The molecule has 12 heavy (non-hydrogen) atoms. The van der Waals surface area contributed by atoms with Crippen LogP contribution in [-0.4, -0.2) is 18.5 Å². The zero-order valence-corrected chi connectivity index (χ0v) is 8.10. The van der Waals surface area contributed by atoms with Gasteiger partial charge in [-0.3, -0.25) is 4.79 Å². The van der Waals surface area contributed by atoms with Gasteiger partial charge in [0.25, 0.3) is 0 Å². The average molecular weight is 189 g/mol. The molecule has 0 aliphatic heterocycles. The summed E-state index contributed by atoms with van der Waals surface area (Å²) in [4.78, 5) is 11.4. The maximum Gasteiger partial charge on any atom is 0.313 e. The van der Waals surface area contributed by atoms with Gasteiger partial charge in [0.1, 0.15) is 0 Å². The van der Waals surface area contributed by atoms with Crippen molar-refractivity contribution < 1.29 is 9.53 Å². The number of methoxy groups -OCH3 is 1.